The maximum atomic E-state index is 12.6. The SMILES string of the molecule is CC(c1ccnc(Nc2nc3c(Cl)c(-c4cnn(CC5CC5)c4)ccc3[nH]2)c1)N1CCN(C(=O)CC(F)(F)F)CC1. The minimum Gasteiger partial charge on any atom is -0.340 e. The molecule has 0 spiro atoms. The quantitative estimate of drug-likeness (QED) is 0.272. The molecule has 9 nitrogen and oxygen atoms in total. The first kappa shape index (κ1) is 27.5. The zero-order valence-corrected chi connectivity index (χ0v) is 23.2. The standard InChI is InChI=1S/C28H30ClF3N8O/c1-17(38-8-10-39(11-9-38)24(41)13-28(30,31)32)19-6-7-33-23(12-19)36-27-35-22-5-4-21(25(29)26(22)37-27)20-14-34-40(16-20)15-18-2-3-18/h4-7,12,14,16-18H,2-3,8-11,13,15H2,1H3,(H2,33,35,36,37). The number of amides is 1. The molecule has 3 aromatic heterocycles. The summed E-state index contributed by atoms with van der Waals surface area (Å²) in [5.41, 5.74) is 4.23. The van der Waals surface area contributed by atoms with Crippen LogP contribution in [0.3, 0.4) is 0 Å². The van der Waals surface area contributed by atoms with Crippen LogP contribution in [0.2, 0.25) is 5.02 Å². The number of carbonyl (C=O) groups is 1. The Morgan fingerprint density at radius 3 is 2.71 bits per heavy atom. The molecule has 0 bridgehead atoms. The van der Waals surface area contributed by atoms with Crippen LogP contribution in [0.4, 0.5) is 24.9 Å². The Morgan fingerprint density at radius 1 is 1.20 bits per heavy atom. The van der Waals surface area contributed by atoms with Crippen molar-refractivity contribution in [2.45, 2.75) is 44.9 Å². The van der Waals surface area contributed by atoms with E-state index in [1.165, 1.54) is 17.7 Å². The van der Waals surface area contributed by atoms with E-state index >= 15 is 0 Å². The number of H-pyrrole nitrogens is 1. The van der Waals surface area contributed by atoms with Crippen LogP contribution in [0.25, 0.3) is 22.2 Å². The third-order valence-electron chi connectivity index (χ3n) is 7.76. The molecule has 4 aromatic rings. The van der Waals surface area contributed by atoms with Crippen LogP contribution < -0.4 is 5.32 Å². The minimum atomic E-state index is -4.49. The van der Waals surface area contributed by atoms with Crippen LogP contribution in [0.1, 0.15) is 37.8 Å². The van der Waals surface area contributed by atoms with Crippen molar-refractivity contribution in [3.8, 4) is 11.1 Å². The van der Waals surface area contributed by atoms with Crippen molar-refractivity contribution in [2.75, 3.05) is 31.5 Å². The van der Waals surface area contributed by atoms with Crippen molar-refractivity contribution < 1.29 is 18.0 Å². The molecule has 0 radical (unpaired) electrons. The molecule has 1 aromatic carbocycles. The first-order valence-corrected chi connectivity index (χ1v) is 14.0. The Labute approximate surface area is 239 Å². The number of rotatable bonds is 8. The smallest absolute Gasteiger partial charge is 0.340 e. The third-order valence-corrected chi connectivity index (χ3v) is 8.14. The van der Waals surface area contributed by atoms with E-state index in [0.717, 1.165) is 34.7 Å². The van der Waals surface area contributed by atoms with Crippen LogP contribution in [0.15, 0.2) is 42.9 Å². The predicted octanol–water partition coefficient (Wildman–Crippen LogP) is 5.79. The Morgan fingerprint density at radius 2 is 1.98 bits per heavy atom. The topological polar surface area (TPSA) is 95.0 Å². The highest BCUT2D eigenvalue weighted by Gasteiger charge is 2.35. The fourth-order valence-electron chi connectivity index (χ4n) is 5.24. The lowest BCUT2D eigenvalue weighted by Crippen LogP contribution is -2.50. The van der Waals surface area contributed by atoms with E-state index in [-0.39, 0.29) is 19.1 Å². The predicted molar refractivity (Wildman–Crippen MR) is 150 cm³/mol. The van der Waals surface area contributed by atoms with Gasteiger partial charge in [-0.05, 0) is 49.4 Å². The molecule has 1 unspecified atom stereocenters. The molecule has 1 atom stereocenters. The average molecular weight is 587 g/mol. The van der Waals surface area contributed by atoms with E-state index in [1.54, 1.807) is 6.20 Å². The summed E-state index contributed by atoms with van der Waals surface area (Å²) >= 11 is 6.79. The number of aromatic amines is 1. The Balaban J connectivity index is 1.12. The Kier molecular flexibility index (Phi) is 7.37. The lowest BCUT2D eigenvalue weighted by Gasteiger charge is -2.38. The van der Waals surface area contributed by atoms with Crippen molar-refractivity contribution >= 4 is 40.3 Å². The highest BCUT2D eigenvalue weighted by molar-refractivity contribution is 6.37. The number of benzene rings is 1. The molecule has 1 aliphatic carbocycles. The van der Waals surface area contributed by atoms with Crippen molar-refractivity contribution in [1.29, 1.82) is 0 Å². The summed E-state index contributed by atoms with van der Waals surface area (Å²) < 4.78 is 39.8. The zero-order chi connectivity index (χ0) is 28.7. The minimum absolute atomic E-state index is 0.0214. The fraction of sp³-hybridized carbons (Fsp3) is 0.429. The number of fused-ring (bicyclic) bond motifs is 1. The monoisotopic (exact) mass is 586 g/mol. The first-order valence-electron chi connectivity index (χ1n) is 13.7. The maximum Gasteiger partial charge on any atom is 0.397 e. The summed E-state index contributed by atoms with van der Waals surface area (Å²) in [5.74, 6) is 0.938. The van der Waals surface area contributed by atoms with Crippen molar-refractivity contribution in [1.82, 2.24) is 34.5 Å². The van der Waals surface area contributed by atoms with Gasteiger partial charge < -0.3 is 15.2 Å². The number of halogens is 4. The number of piperazine rings is 1. The second-order valence-corrected chi connectivity index (χ2v) is 11.2. The van der Waals surface area contributed by atoms with Crippen molar-refractivity contribution in [3.63, 3.8) is 0 Å². The largest absolute Gasteiger partial charge is 0.397 e. The van der Waals surface area contributed by atoms with Crippen LogP contribution in [0.5, 0.6) is 0 Å². The number of hydrogen-bond acceptors (Lipinski definition) is 6. The molecule has 4 heterocycles. The Bertz CT molecular complexity index is 1560. The number of carbonyl (C=O) groups excluding carboxylic acids is 1. The summed E-state index contributed by atoms with van der Waals surface area (Å²) in [7, 11) is 0. The number of nitrogens with one attached hydrogen (secondary N) is 2. The number of nitrogens with zero attached hydrogens (tertiary/aromatic N) is 6. The fourth-order valence-corrected chi connectivity index (χ4v) is 5.56. The summed E-state index contributed by atoms with van der Waals surface area (Å²) in [6, 6.07) is 7.70. The van der Waals surface area contributed by atoms with Gasteiger partial charge in [0.05, 0.1) is 16.7 Å². The molecule has 216 valence electrons. The van der Waals surface area contributed by atoms with E-state index in [0.29, 0.717) is 35.4 Å². The van der Waals surface area contributed by atoms with Crippen LogP contribution in [-0.2, 0) is 11.3 Å². The number of alkyl halides is 3. The van der Waals surface area contributed by atoms with Crippen LogP contribution >= 0.6 is 11.6 Å². The second-order valence-electron chi connectivity index (χ2n) is 10.8. The first-order chi connectivity index (χ1) is 19.6. The molecule has 1 saturated heterocycles. The molecule has 2 fully saturated rings. The van der Waals surface area contributed by atoms with Gasteiger partial charge in [0.2, 0.25) is 11.9 Å². The molecular formula is C28H30ClF3N8O. The van der Waals surface area contributed by atoms with Crippen LogP contribution in [-0.4, -0.2) is 72.8 Å². The van der Waals surface area contributed by atoms with Crippen molar-refractivity contribution in [2.24, 2.45) is 5.92 Å². The van der Waals surface area contributed by atoms with Gasteiger partial charge >= 0.3 is 6.18 Å². The Hall–Kier alpha value is -3.64. The molecular weight excluding hydrogens is 557 g/mol. The molecule has 2 N–H and O–H groups in total. The average Bonchev–Trinajstić information content (AvgIpc) is 3.46. The van der Waals surface area contributed by atoms with Gasteiger partial charge in [-0.3, -0.25) is 14.4 Å². The van der Waals surface area contributed by atoms with Crippen LogP contribution in [0, 0.1) is 5.92 Å². The van der Waals surface area contributed by atoms with Gasteiger partial charge in [-0.2, -0.15) is 18.3 Å². The van der Waals surface area contributed by atoms with Gasteiger partial charge in [-0.15, -0.1) is 0 Å². The number of anilines is 2. The zero-order valence-electron chi connectivity index (χ0n) is 22.5. The van der Waals surface area contributed by atoms with E-state index in [1.807, 2.05) is 48.3 Å². The van der Waals surface area contributed by atoms with E-state index in [9.17, 15) is 18.0 Å². The molecule has 41 heavy (non-hydrogen) atoms. The molecule has 2 aliphatic rings. The van der Waals surface area contributed by atoms with Gasteiger partial charge in [0.15, 0.2) is 0 Å². The lowest BCUT2D eigenvalue weighted by molar-refractivity contribution is -0.162. The highest BCUT2D eigenvalue weighted by Crippen LogP contribution is 2.35. The normalized spacial score (nSPS) is 17.2. The summed E-state index contributed by atoms with van der Waals surface area (Å²) in [6.45, 7) is 4.46. The molecule has 1 saturated carbocycles. The third kappa shape index (κ3) is 6.33. The van der Waals surface area contributed by atoms with E-state index < -0.39 is 18.5 Å². The van der Waals surface area contributed by atoms with E-state index in [4.69, 9.17) is 11.6 Å². The van der Waals surface area contributed by atoms with Gasteiger partial charge in [0.1, 0.15) is 17.8 Å². The molecule has 13 heteroatoms. The van der Waals surface area contributed by atoms with Gasteiger partial charge in [0.25, 0.3) is 0 Å². The molecule has 6 rings (SSSR count). The summed E-state index contributed by atoms with van der Waals surface area (Å²) in [5, 5.41) is 8.25. The van der Waals surface area contributed by atoms with Gasteiger partial charge in [0, 0.05) is 62.3 Å². The number of pyridine rings is 1. The summed E-state index contributed by atoms with van der Waals surface area (Å²) in [4.78, 5) is 27.7. The number of hydrogen-bond donors (Lipinski definition) is 2. The second kappa shape index (κ2) is 11.0. The summed E-state index contributed by atoms with van der Waals surface area (Å²) in [6.07, 6.45) is 2.16. The van der Waals surface area contributed by atoms with Gasteiger partial charge in [-0.1, -0.05) is 17.7 Å². The highest BCUT2D eigenvalue weighted by atomic mass is 35.5. The maximum absolute atomic E-state index is 12.6. The van der Waals surface area contributed by atoms with Gasteiger partial charge in [-0.25, -0.2) is 9.97 Å². The number of aromatic nitrogens is 5. The molecule has 1 amide bonds. The number of imidazole rings is 1. The molecule has 1 aliphatic heterocycles. The van der Waals surface area contributed by atoms with E-state index in [2.05, 4.69) is 30.3 Å². The van der Waals surface area contributed by atoms with Crippen molar-refractivity contribution in [3.05, 3.63) is 53.4 Å². The lowest BCUT2D eigenvalue weighted by atomic mass is 10.1.